The number of carbonyl (C=O) groups is 1. The van der Waals surface area contributed by atoms with Gasteiger partial charge in [-0.15, -0.1) is 10.2 Å². The van der Waals surface area contributed by atoms with Crippen LogP contribution in [0.4, 0.5) is 23.7 Å². The Hall–Kier alpha value is -2.98. The van der Waals surface area contributed by atoms with Crippen LogP contribution in [-0.4, -0.2) is 90.7 Å². The molecule has 2 amide bonds. The second kappa shape index (κ2) is 9.34. The second-order valence-corrected chi connectivity index (χ2v) is 10.1. The van der Waals surface area contributed by atoms with Crippen molar-refractivity contribution in [3.8, 4) is 5.13 Å². The zero-order chi connectivity index (χ0) is 24.6. The third-order valence-corrected chi connectivity index (χ3v) is 7.20. The average Bonchev–Trinajstić information content (AvgIpc) is 3.45. The van der Waals surface area contributed by atoms with Crippen LogP contribution in [0.5, 0.6) is 0 Å². The number of rotatable bonds is 6. The summed E-state index contributed by atoms with van der Waals surface area (Å²) < 4.78 is 64.1. The fourth-order valence-electron chi connectivity index (χ4n) is 3.66. The molecule has 1 fully saturated rings. The fraction of sp³-hybridized carbons (Fsp3) is 0.444. The van der Waals surface area contributed by atoms with Gasteiger partial charge in [-0.25, -0.2) is 36.2 Å². The number of nitrogens with zero attached hydrogens (tertiary/aromatic N) is 7. The van der Waals surface area contributed by atoms with Crippen LogP contribution >= 0.6 is 11.3 Å². The molecule has 0 spiro atoms. The Morgan fingerprint density at radius 2 is 1.94 bits per heavy atom. The van der Waals surface area contributed by atoms with E-state index < -0.39 is 28.1 Å². The Balaban J connectivity index is 1.69. The van der Waals surface area contributed by atoms with E-state index in [0.717, 1.165) is 0 Å². The summed E-state index contributed by atoms with van der Waals surface area (Å²) in [6.07, 6.45) is -1.32. The average molecular weight is 519 g/mol. The van der Waals surface area contributed by atoms with Gasteiger partial charge in [0.1, 0.15) is 6.67 Å². The van der Waals surface area contributed by atoms with Crippen molar-refractivity contribution >= 4 is 44.0 Å². The van der Waals surface area contributed by atoms with Gasteiger partial charge in [-0.05, 0) is 12.1 Å². The fourth-order valence-corrected chi connectivity index (χ4v) is 4.89. The molecule has 2 aromatic heterocycles. The van der Waals surface area contributed by atoms with Crippen molar-refractivity contribution in [2.24, 2.45) is 5.14 Å². The summed E-state index contributed by atoms with van der Waals surface area (Å²) >= 11 is 0.637. The Bertz CT molecular complexity index is 1310. The van der Waals surface area contributed by atoms with Gasteiger partial charge in [-0.3, -0.25) is 0 Å². The van der Waals surface area contributed by atoms with Crippen LogP contribution in [0.1, 0.15) is 11.4 Å². The van der Waals surface area contributed by atoms with Crippen LogP contribution in [0.25, 0.3) is 16.0 Å². The van der Waals surface area contributed by atoms with Crippen molar-refractivity contribution in [3.05, 3.63) is 23.3 Å². The molecule has 4 rings (SSSR count). The number of halogens is 3. The molecule has 2 N–H and O–H groups in total. The number of fused-ring (bicyclic) bond motifs is 1. The SMILES string of the molecule is CN(CCF)C(=O)N1CCN(c2cc(S(N)(=O)=O)cc3c2cnn3-c2nnc(C(F)F)s2)CC1. The van der Waals surface area contributed by atoms with E-state index in [0.29, 0.717) is 54.1 Å². The maximum atomic E-state index is 13.0. The number of benzene rings is 1. The number of hydrogen-bond donors (Lipinski definition) is 1. The number of amides is 2. The maximum Gasteiger partial charge on any atom is 0.319 e. The summed E-state index contributed by atoms with van der Waals surface area (Å²) in [7, 11) is -2.59. The van der Waals surface area contributed by atoms with Gasteiger partial charge in [0, 0.05) is 44.3 Å². The molecule has 1 aliphatic rings. The lowest BCUT2D eigenvalue weighted by atomic mass is 10.1. The van der Waals surface area contributed by atoms with E-state index >= 15 is 0 Å². The molecule has 0 atom stereocenters. The number of nitrogens with two attached hydrogens (primary N) is 1. The molecule has 1 aliphatic heterocycles. The number of sulfonamides is 1. The minimum atomic E-state index is -4.11. The maximum absolute atomic E-state index is 13.0. The lowest BCUT2D eigenvalue weighted by molar-refractivity contribution is 0.150. The van der Waals surface area contributed by atoms with Crippen LogP contribution in [-0.2, 0) is 10.0 Å². The van der Waals surface area contributed by atoms with E-state index in [4.69, 9.17) is 5.14 Å². The minimum Gasteiger partial charge on any atom is -0.367 e. The lowest BCUT2D eigenvalue weighted by Gasteiger charge is -2.38. The van der Waals surface area contributed by atoms with Crippen molar-refractivity contribution in [1.82, 2.24) is 29.8 Å². The molecule has 3 heterocycles. The van der Waals surface area contributed by atoms with E-state index in [-0.39, 0.29) is 22.6 Å². The van der Waals surface area contributed by atoms with Crippen LogP contribution in [0.15, 0.2) is 23.2 Å². The summed E-state index contributed by atoms with van der Waals surface area (Å²) in [6.45, 7) is 0.763. The van der Waals surface area contributed by atoms with Crippen molar-refractivity contribution in [2.45, 2.75) is 11.3 Å². The van der Waals surface area contributed by atoms with Crippen molar-refractivity contribution in [3.63, 3.8) is 0 Å². The molecule has 11 nitrogen and oxygen atoms in total. The molecule has 0 aliphatic carbocycles. The van der Waals surface area contributed by atoms with E-state index in [2.05, 4.69) is 15.3 Å². The number of primary sulfonamides is 1. The second-order valence-electron chi connectivity index (χ2n) is 7.57. The van der Waals surface area contributed by atoms with Gasteiger partial charge in [0.25, 0.3) is 6.43 Å². The Morgan fingerprint density at radius 3 is 2.53 bits per heavy atom. The highest BCUT2D eigenvalue weighted by molar-refractivity contribution is 7.89. The van der Waals surface area contributed by atoms with Crippen molar-refractivity contribution < 1.29 is 26.4 Å². The lowest BCUT2D eigenvalue weighted by Crippen LogP contribution is -2.52. The zero-order valence-corrected chi connectivity index (χ0v) is 19.6. The highest BCUT2D eigenvalue weighted by Crippen LogP contribution is 2.33. The molecule has 0 unspecified atom stereocenters. The highest BCUT2D eigenvalue weighted by atomic mass is 32.2. The monoisotopic (exact) mass is 518 g/mol. The molecule has 184 valence electrons. The van der Waals surface area contributed by atoms with Gasteiger partial charge in [0.2, 0.25) is 15.2 Å². The van der Waals surface area contributed by atoms with E-state index in [1.165, 1.54) is 35.0 Å². The van der Waals surface area contributed by atoms with Gasteiger partial charge < -0.3 is 14.7 Å². The number of piperazine rings is 1. The predicted octanol–water partition coefficient (Wildman–Crippen LogP) is 1.61. The first-order chi connectivity index (χ1) is 16.1. The molecule has 0 saturated carbocycles. The topological polar surface area (TPSA) is 131 Å². The Kier molecular flexibility index (Phi) is 6.64. The zero-order valence-electron chi connectivity index (χ0n) is 17.9. The summed E-state index contributed by atoms with van der Waals surface area (Å²) in [5.74, 6) is 0. The number of aromatic nitrogens is 4. The molecule has 3 aromatic rings. The number of hydrogen-bond acceptors (Lipinski definition) is 8. The molecule has 34 heavy (non-hydrogen) atoms. The van der Waals surface area contributed by atoms with Crippen LogP contribution < -0.4 is 10.0 Å². The number of anilines is 1. The van der Waals surface area contributed by atoms with E-state index in [1.807, 2.05) is 4.90 Å². The number of alkyl halides is 3. The van der Waals surface area contributed by atoms with Crippen molar-refractivity contribution in [1.29, 1.82) is 0 Å². The highest BCUT2D eigenvalue weighted by Gasteiger charge is 2.27. The quantitative estimate of drug-likeness (QED) is 0.525. The summed E-state index contributed by atoms with van der Waals surface area (Å²) in [5, 5.41) is 16.9. The van der Waals surface area contributed by atoms with Gasteiger partial charge >= 0.3 is 6.03 Å². The molecule has 0 bridgehead atoms. The van der Waals surface area contributed by atoms with Gasteiger partial charge in [0.05, 0.1) is 23.2 Å². The van der Waals surface area contributed by atoms with Gasteiger partial charge in [0.15, 0.2) is 5.01 Å². The first-order valence-electron chi connectivity index (χ1n) is 10.1. The first-order valence-corrected chi connectivity index (χ1v) is 12.4. The number of urea groups is 1. The minimum absolute atomic E-state index is 0.00581. The smallest absolute Gasteiger partial charge is 0.319 e. The van der Waals surface area contributed by atoms with Gasteiger partial charge in [-0.2, -0.15) is 5.10 Å². The van der Waals surface area contributed by atoms with Crippen LogP contribution in [0.3, 0.4) is 0 Å². The van der Waals surface area contributed by atoms with Gasteiger partial charge in [-0.1, -0.05) is 11.3 Å². The standard InChI is InChI=1S/C18H21F3N8O3S2/c1-26(3-2-19)18(30)28-6-4-27(5-7-28)13-8-11(34(22,31)32)9-14-12(13)10-23-29(14)17-25-24-16(33-17)15(20)21/h8-10,15H,2-7H2,1H3,(H2,22,31,32). The van der Waals surface area contributed by atoms with Crippen LogP contribution in [0.2, 0.25) is 0 Å². The molecule has 1 saturated heterocycles. The third kappa shape index (κ3) is 4.65. The normalized spacial score (nSPS) is 14.9. The molecular weight excluding hydrogens is 497 g/mol. The first kappa shape index (κ1) is 24.2. The Labute approximate surface area is 196 Å². The summed E-state index contributed by atoms with van der Waals surface area (Å²) in [5.41, 5.74) is 0.815. The van der Waals surface area contributed by atoms with Crippen LogP contribution in [0, 0.1) is 0 Å². The predicted molar refractivity (Wildman–Crippen MR) is 119 cm³/mol. The number of carbonyl (C=O) groups excluding carboxylic acids is 1. The molecular formula is C18H21F3N8O3S2. The van der Waals surface area contributed by atoms with Crippen molar-refractivity contribution in [2.75, 3.05) is 51.3 Å². The summed E-state index contributed by atoms with van der Waals surface area (Å²) in [6, 6.07) is 2.43. The van der Waals surface area contributed by atoms with E-state index in [9.17, 15) is 26.4 Å². The third-order valence-electron chi connectivity index (χ3n) is 5.40. The molecule has 16 heteroatoms. The Morgan fingerprint density at radius 1 is 1.24 bits per heavy atom. The van der Waals surface area contributed by atoms with E-state index in [1.54, 1.807) is 4.90 Å². The molecule has 0 radical (unpaired) electrons. The largest absolute Gasteiger partial charge is 0.367 e. The summed E-state index contributed by atoms with van der Waals surface area (Å²) in [4.78, 5) is 17.0. The molecule has 1 aromatic carbocycles.